The smallest absolute Gasteiger partial charge is 0.387 e. The van der Waals surface area contributed by atoms with E-state index < -0.39 is 6.61 Å². The lowest BCUT2D eigenvalue weighted by atomic mass is 10.2. The Morgan fingerprint density at radius 1 is 1.10 bits per heavy atom. The second-order valence-electron chi connectivity index (χ2n) is 5.80. The standard InChI is InChI=1S/C19H20Cl2F2N4O2/c1-24-19(27-11-16(28)25-9-12-5-3-2-4-6-12)26-10-13-7-14(20)8-15(21)17(13)29-18(22)23/h2-8,18H,9-11H2,1H3,(H,25,28)(H2,24,26,27). The van der Waals surface area contributed by atoms with E-state index in [2.05, 4.69) is 25.7 Å². The lowest BCUT2D eigenvalue weighted by Crippen LogP contribution is -2.42. The molecule has 0 saturated carbocycles. The number of alkyl halides is 2. The molecule has 156 valence electrons. The van der Waals surface area contributed by atoms with E-state index >= 15 is 0 Å². The Balaban J connectivity index is 1.88. The van der Waals surface area contributed by atoms with Gasteiger partial charge in [0, 0.05) is 30.7 Å². The molecule has 0 atom stereocenters. The number of guanidine groups is 1. The minimum atomic E-state index is -3.03. The van der Waals surface area contributed by atoms with Crippen LogP contribution in [0.25, 0.3) is 0 Å². The van der Waals surface area contributed by atoms with Crippen molar-refractivity contribution in [2.45, 2.75) is 19.7 Å². The number of aliphatic imine (C=N–C) groups is 1. The van der Waals surface area contributed by atoms with Gasteiger partial charge in [0.1, 0.15) is 5.75 Å². The average molecular weight is 445 g/mol. The summed E-state index contributed by atoms with van der Waals surface area (Å²) in [6.45, 7) is -2.60. The van der Waals surface area contributed by atoms with E-state index in [9.17, 15) is 13.6 Å². The van der Waals surface area contributed by atoms with Gasteiger partial charge in [0.2, 0.25) is 5.91 Å². The van der Waals surface area contributed by atoms with Crippen LogP contribution in [-0.2, 0) is 17.9 Å². The van der Waals surface area contributed by atoms with E-state index in [0.717, 1.165) is 5.56 Å². The lowest BCUT2D eigenvalue weighted by Gasteiger charge is -2.16. The average Bonchev–Trinajstić information content (AvgIpc) is 2.69. The monoisotopic (exact) mass is 444 g/mol. The van der Waals surface area contributed by atoms with Crippen LogP contribution in [-0.4, -0.2) is 32.1 Å². The summed E-state index contributed by atoms with van der Waals surface area (Å²) in [7, 11) is 1.51. The summed E-state index contributed by atoms with van der Waals surface area (Å²) >= 11 is 11.9. The first kappa shape index (κ1) is 22.7. The number of ether oxygens (including phenoxy) is 1. The van der Waals surface area contributed by atoms with Gasteiger partial charge in [0.15, 0.2) is 5.96 Å². The summed E-state index contributed by atoms with van der Waals surface area (Å²) in [4.78, 5) is 16.0. The first-order chi connectivity index (χ1) is 13.9. The predicted octanol–water partition coefficient (Wildman–Crippen LogP) is 3.58. The van der Waals surface area contributed by atoms with E-state index in [4.69, 9.17) is 23.2 Å². The highest BCUT2D eigenvalue weighted by atomic mass is 35.5. The van der Waals surface area contributed by atoms with Crippen LogP contribution in [0.3, 0.4) is 0 Å². The molecule has 0 radical (unpaired) electrons. The van der Waals surface area contributed by atoms with Crippen LogP contribution in [0.2, 0.25) is 10.0 Å². The number of nitrogens with zero attached hydrogens (tertiary/aromatic N) is 1. The molecule has 6 nitrogen and oxygen atoms in total. The lowest BCUT2D eigenvalue weighted by molar-refractivity contribution is -0.120. The quantitative estimate of drug-likeness (QED) is 0.429. The van der Waals surface area contributed by atoms with Gasteiger partial charge in [-0.3, -0.25) is 9.79 Å². The van der Waals surface area contributed by atoms with E-state index in [-0.39, 0.29) is 34.8 Å². The number of amides is 1. The zero-order chi connectivity index (χ0) is 21.2. The minimum absolute atomic E-state index is 0.0246. The molecule has 0 saturated heterocycles. The number of carbonyl (C=O) groups excluding carboxylic acids is 1. The highest BCUT2D eigenvalue weighted by Crippen LogP contribution is 2.33. The third-order valence-electron chi connectivity index (χ3n) is 3.71. The first-order valence-electron chi connectivity index (χ1n) is 8.57. The maximum atomic E-state index is 12.6. The van der Waals surface area contributed by atoms with Crippen molar-refractivity contribution in [3.05, 3.63) is 63.6 Å². The van der Waals surface area contributed by atoms with Crippen molar-refractivity contribution >= 4 is 35.1 Å². The zero-order valence-corrected chi connectivity index (χ0v) is 17.0. The molecular weight excluding hydrogens is 425 g/mol. The van der Waals surface area contributed by atoms with Crippen molar-refractivity contribution in [2.24, 2.45) is 4.99 Å². The molecule has 0 aliphatic heterocycles. The van der Waals surface area contributed by atoms with Crippen molar-refractivity contribution in [1.82, 2.24) is 16.0 Å². The second-order valence-corrected chi connectivity index (χ2v) is 6.64. The van der Waals surface area contributed by atoms with Gasteiger partial charge in [0.05, 0.1) is 11.6 Å². The third kappa shape index (κ3) is 7.75. The highest BCUT2D eigenvalue weighted by molar-refractivity contribution is 6.35. The summed E-state index contributed by atoms with van der Waals surface area (Å²) in [5, 5.41) is 8.76. The molecule has 2 aromatic rings. The maximum absolute atomic E-state index is 12.6. The van der Waals surface area contributed by atoms with Gasteiger partial charge >= 0.3 is 6.61 Å². The van der Waals surface area contributed by atoms with Crippen LogP contribution in [0, 0.1) is 0 Å². The summed E-state index contributed by atoms with van der Waals surface area (Å²) in [6.07, 6.45) is 0. The van der Waals surface area contributed by atoms with Gasteiger partial charge in [-0.05, 0) is 17.7 Å². The number of halogens is 4. The van der Waals surface area contributed by atoms with Crippen LogP contribution in [0.4, 0.5) is 8.78 Å². The molecule has 0 unspecified atom stereocenters. The molecule has 0 heterocycles. The Labute approximate surface area is 177 Å². The summed E-state index contributed by atoms with van der Waals surface area (Å²) in [5.74, 6) is -0.113. The first-order valence-corrected chi connectivity index (χ1v) is 9.32. The number of rotatable bonds is 8. The van der Waals surface area contributed by atoms with Crippen LogP contribution < -0.4 is 20.7 Å². The highest BCUT2D eigenvalue weighted by Gasteiger charge is 2.15. The Morgan fingerprint density at radius 2 is 1.83 bits per heavy atom. The Hall–Kier alpha value is -2.58. The molecular formula is C19H20Cl2F2N4O2. The number of nitrogens with one attached hydrogen (secondary N) is 3. The second kappa shape index (κ2) is 11.4. The normalized spacial score (nSPS) is 11.3. The van der Waals surface area contributed by atoms with Gasteiger partial charge < -0.3 is 20.7 Å². The zero-order valence-electron chi connectivity index (χ0n) is 15.5. The van der Waals surface area contributed by atoms with E-state index in [0.29, 0.717) is 18.1 Å². The molecule has 1 amide bonds. The molecule has 0 spiro atoms. The van der Waals surface area contributed by atoms with Crippen LogP contribution in [0.5, 0.6) is 5.75 Å². The van der Waals surface area contributed by atoms with E-state index in [1.54, 1.807) is 0 Å². The molecule has 0 bridgehead atoms. The van der Waals surface area contributed by atoms with E-state index in [1.807, 2.05) is 30.3 Å². The maximum Gasteiger partial charge on any atom is 0.387 e. The van der Waals surface area contributed by atoms with Crippen molar-refractivity contribution in [3.8, 4) is 5.75 Å². The number of hydrogen-bond donors (Lipinski definition) is 3. The predicted molar refractivity (Wildman–Crippen MR) is 110 cm³/mol. The van der Waals surface area contributed by atoms with Crippen molar-refractivity contribution < 1.29 is 18.3 Å². The van der Waals surface area contributed by atoms with Gasteiger partial charge in [-0.25, -0.2) is 0 Å². The largest absolute Gasteiger partial charge is 0.433 e. The number of benzene rings is 2. The SMILES string of the molecule is CN=C(NCC(=O)NCc1ccccc1)NCc1cc(Cl)cc(Cl)c1OC(F)F. The third-order valence-corrected chi connectivity index (χ3v) is 4.21. The minimum Gasteiger partial charge on any atom is -0.433 e. The fraction of sp³-hybridized carbons (Fsp3) is 0.263. The molecule has 0 fully saturated rings. The summed E-state index contributed by atoms with van der Waals surface area (Å²) in [6, 6.07) is 12.3. The summed E-state index contributed by atoms with van der Waals surface area (Å²) in [5.41, 5.74) is 1.30. The molecule has 2 rings (SSSR count). The Morgan fingerprint density at radius 3 is 2.48 bits per heavy atom. The number of carbonyl (C=O) groups is 1. The van der Waals surface area contributed by atoms with Crippen molar-refractivity contribution in [3.63, 3.8) is 0 Å². The van der Waals surface area contributed by atoms with Gasteiger partial charge in [0.25, 0.3) is 0 Å². The van der Waals surface area contributed by atoms with Crippen LogP contribution >= 0.6 is 23.2 Å². The van der Waals surface area contributed by atoms with Crippen LogP contribution in [0.15, 0.2) is 47.5 Å². The fourth-order valence-corrected chi connectivity index (χ4v) is 2.97. The molecule has 0 aromatic heterocycles. The Kier molecular flexibility index (Phi) is 8.95. The Bertz CT molecular complexity index is 852. The van der Waals surface area contributed by atoms with Gasteiger partial charge in [-0.2, -0.15) is 8.78 Å². The summed E-state index contributed by atoms with van der Waals surface area (Å²) < 4.78 is 29.8. The molecule has 0 aliphatic rings. The molecule has 29 heavy (non-hydrogen) atoms. The van der Waals surface area contributed by atoms with Gasteiger partial charge in [-0.15, -0.1) is 0 Å². The molecule has 2 aromatic carbocycles. The topological polar surface area (TPSA) is 74.8 Å². The fourth-order valence-electron chi connectivity index (χ4n) is 2.39. The van der Waals surface area contributed by atoms with E-state index in [1.165, 1.54) is 19.2 Å². The number of hydrogen-bond acceptors (Lipinski definition) is 3. The molecule has 10 heteroatoms. The van der Waals surface area contributed by atoms with Crippen LogP contribution in [0.1, 0.15) is 11.1 Å². The van der Waals surface area contributed by atoms with Crippen molar-refractivity contribution in [2.75, 3.05) is 13.6 Å². The van der Waals surface area contributed by atoms with Crippen molar-refractivity contribution in [1.29, 1.82) is 0 Å². The molecule has 0 aliphatic carbocycles. The van der Waals surface area contributed by atoms with Gasteiger partial charge in [-0.1, -0.05) is 53.5 Å². The molecule has 3 N–H and O–H groups in total.